The van der Waals surface area contributed by atoms with Crippen molar-refractivity contribution in [3.63, 3.8) is 0 Å². The molecule has 0 unspecified atom stereocenters. The summed E-state index contributed by atoms with van der Waals surface area (Å²) in [6, 6.07) is 43.4. The van der Waals surface area contributed by atoms with Crippen molar-refractivity contribution in [2.24, 2.45) is 0 Å². The van der Waals surface area contributed by atoms with Crippen LogP contribution < -0.4 is 4.90 Å². The Kier molecular flexibility index (Phi) is 5.47. The first-order valence-corrected chi connectivity index (χ1v) is 11.2. The minimum Gasteiger partial charge on any atom is -0.310 e. The monoisotopic (exact) mass is 413 g/mol. The molecular formula is C31H27N. The van der Waals surface area contributed by atoms with Gasteiger partial charge in [0.25, 0.3) is 0 Å². The largest absolute Gasteiger partial charge is 0.310 e. The van der Waals surface area contributed by atoms with Gasteiger partial charge in [-0.25, -0.2) is 0 Å². The SMILES string of the molecule is CC(C)c1ccc2c(-c3ccccc3)c(N(c3ccccc3)c3ccccc3)ccc2c1. The van der Waals surface area contributed by atoms with E-state index in [-0.39, 0.29) is 0 Å². The van der Waals surface area contributed by atoms with E-state index in [4.69, 9.17) is 0 Å². The Hall–Kier alpha value is -3.84. The van der Waals surface area contributed by atoms with Crippen LogP contribution in [0.1, 0.15) is 25.3 Å². The van der Waals surface area contributed by atoms with Gasteiger partial charge in [-0.1, -0.05) is 105 Å². The lowest BCUT2D eigenvalue weighted by Gasteiger charge is -2.28. The lowest BCUT2D eigenvalue weighted by molar-refractivity contribution is 0.869. The van der Waals surface area contributed by atoms with Crippen LogP contribution in [0, 0.1) is 0 Å². The molecule has 5 rings (SSSR count). The van der Waals surface area contributed by atoms with Gasteiger partial charge >= 0.3 is 0 Å². The Bertz CT molecular complexity index is 1280. The molecule has 156 valence electrons. The summed E-state index contributed by atoms with van der Waals surface area (Å²) in [5.41, 5.74) is 7.32. The highest BCUT2D eigenvalue weighted by molar-refractivity contribution is 6.05. The fourth-order valence-corrected chi connectivity index (χ4v) is 4.37. The maximum absolute atomic E-state index is 2.36. The molecule has 0 bridgehead atoms. The second kappa shape index (κ2) is 8.72. The molecule has 0 aliphatic rings. The van der Waals surface area contributed by atoms with Crippen LogP contribution in [0.4, 0.5) is 17.1 Å². The van der Waals surface area contributed by atoms with Gasteiger partial charge in [-0.2, -0.15) is 0 Å². The highest BCUT2D eigenvalue weighted by Gasteiger charge is 2.19. The predicted octanol–water partition coefficient (Wildman–Crippen LogP) is 9.10. The van der Waals surface area contributed by atoms with E-state index in [0.29, 0.717) is 5.92 Å². The zero-order chi connectivity index (χ0) is 21.9. The van der Waals surface area contributed by atoms with E-state index in [1.165, 1.54) is 33.2 Å². The first-order chi connectivity index (χ1) is 15.7. The fraction of sp³-hybridized carbons (Fsp3) is 0.0968. The van der Waals surface area contributed by atoms with Crippen LogP contribution >= 0.6 is 0 Å². The van der Waals surface area contributed by atoms with Gasteiger partial charge in [-0.05, 0) is 58.1 Å². The van der Waals surface area contributed by atoms with Crippen molar-refractivity contribution in [2.45, 2.75) is 19.8 Å². The number of nitrogens with zero attached hydrogens (tertiary/aromatic N) is 1. The third kappa shape index (κ3) is 3.78. The standard InChI is InChI=1S/C31H27N/c1-23(2)25-18-20-29-26(22-25)19-21-30(31(29)24-12-6-3-7-13-24)32(27-14-8-4-9-15-27)28-16-10-5-11-17-28/h3-23H,1-2H3. The van der Waals surface area contributed by atoms with Gasteiger partial charge in [0.15, 0.2) is 0 Å². The summed E-state index contributed by atoms with van der Waals surface area (Å²) in [6.07, 6.45) is 0. The Morgan fingerprint density at radius 2 is 1.12 bits per heavy atom. The molecule has 0 saturated heterocycles. The van der Waals surface area contributed by atoms with Gasteiger partial charge < -0.3 is 4.90 Å². The molecule has 0 aromatic heterocycles. The zero-order valence-electron chi connectivity index (χ0n) is 18.6. The van der Waals surface area contributed by atoms with Crippen LogP contribution in [0.25, 0.3) is 21.9 Å². The van der Waals surface area contributed by atoms with Crippen LogP contribution in [-0.4, -0.2) is 0 Å². The van der Waals surface area contributed by atoms with Crippen molar-refractivity contribution in [1.82, 2.24) is 0 Å². The summed E-state index contributed by atoms with van der Waals surface area (Å²) in [5.74, 6) is 0.504. The average Bonchev–Trinajstić information content (AvgIpc) is 2.85. The molecule has 0 N–H and O–H groups in total. The Morgan fingerprint density at radius 3 is 1.69 bits per heavy atom. The maximum Gasteiger partial charge on any atom is 0.0546 e. The molecule has 1 nitrogen and oxygen atoms in total. The molecule has 0 fully saturated rings. The Balaban J connectivity index is 1.83. The van der Waals surface area contributed by atoms with Crippen molar-refractivity contribution in [3.8, 4) is 11.1 Å². The Labute approximate surface area is 190 Å². The number of hydrogen-bond acceptors (Lipinski definition) is 1. The van der Waals surface area contributed by atoms with Gasteiger partial charge in [0.1, 0.15) is 0 Å². The molecule has 0 aliphatic heterocycles. The number of anilines is 3. The number of benzene rings is 5. The summed E-state index contributed by atoms with van der Waals surface area (Å²) in [6.45, 7) is 4.50. The summed E-state index contributed by atoms with van der Waals surface area (Å²) < 4.78 is 0. The second-order valence-electron chi connectivity index (χ2n) is 8.47. The van der Waals surface area contributed by atoms with Crippen molar-refractivity contribution in [3.05, 3.63) is 127 Å². The molecule has 0 radical (unpaired) electrons. The summed E-state index contributed by atoms with van der Waals surface area (Å²) in [4.78, 5) is 2.36. The molecule has 32 heavy (non-hydrogen) atoms. The van der Waals surface area contributed by atoms with E-state index < -0.39 is 0 Å². The first-order valence-electron chi connectivity index (χ1n) is 11.2. The summed E-state index contributed by atoms with van der Waals surface area (Å²) >= 11 is 0. The minimum atomic E-state index is 0.504. The van der Waals surface area contributed by atoms with Gasteiger partial charge in [0.2, 0.25) is 0 Å². The van der Waals surface area contributed by atoms with E-state index in [0.717, 1.165) is 11.4 Å². The molecule has 0 atom stereocenters. The number of rotatable bonds is 5. The molecule has 5 aromatic rings. The second-order valence-corrected chi connectivity index (χ2v) is 8.47. The van der Waals surface area contributed by atoms with Crippen molar-refractivity contribution >= 4 is 27.8 Å². The average molecular weight is 414 g/mol. The van der Waals surface area contributed by atoms with Crippen LogP contribution in [0.2, 0.25) is 0 Å². The first kappa shape index (κ1) is 20.1. The predicted molar refractivity (Wildman–Crippen MR) is 138 cm³/mol. The number of hydrogen-bond donors (Lipinski definition) is 0. The van der Waals surface area contributed by atoms with Gasteiger partial charge in [0, 0.05) is 16.9 Å². The fourth-order valence-electron chi connectivity index (χ4n) is 4.37. The quantitative estimate of drug-likeness (QED) is 0.278. The topological polar surface area (TPSA) is 3.24 Å². The van der Waals surface area contributed by atoms with Crippen molar-refractivity contribution in [1.29, 1.82) is 0 Å². The highest BCUT2D eigenvalue weighted by atomic mass is 15.1. The molecule has 0 aliphatic carbocycles. The third-order valence-corrected chi connectivity index (χ3v) is 6.02. The molecule has 1 heteroatoms. The molecule has 5 aromatic carbocycles. The van der Waals surface area contributed by atoms with Crippen LogP contribution in [0.15, 0.2) is 121 Å². The molecule has 0 saturated carbocycles. The number of para-hydroxylation sites is 2. The molecule has 0 heterocycles. The van der Waals surface area contributed by atoms with E-state index >= 15 is 0 Å². The van der Waals surface area contributed by atoms with Crippen LogP contribution in [0.5, 0.6) is 0 Å². The molecule has 0 spiro atoms. The summed E-state index contributed by atoms with van der Waals surface area (Å²) in [5, 5.41) is 2.55. The normalized spacial score (nSPS) is 11.1. The minimum absolute atomic E-state index is 0.504. The van der Waals surface area contributed by atoms with Crippen LogP contribution in [-0.2, 0) is 0 Å². The van der Waals surface area contributed by atoms with Crippen molar-refractivity contribution in [2.75, 3.05) is 4.90 Å². The smallest absolute Gasteiger partial charge is 0.0546 e. The lowest BCUT2D eigenvalue weighted by Crippen LogP contribution is -2.11. The van der Waals surface area contributed by atoms with Gasteiger partial charge in [0.05, 0.1) is 5.69 Å². The van der Waals surface area contributed by atoms with E-state index in [1.54, 1.807) is 0 Å². The van der Waals surface area contributed by atoms with Crippen molar-refractivity contribution < 1.29 is 0 Å². The van der Waals surface area contributed by atoms with Crippen LogP contribution in [0.3, 0.4) is 0 Å². The third-order valence-electron chi connectivity index (χ3n) is 6.02. The zero-order valence-corrected chi connectivity index (χ0v) is 18.6. The van der Waals surface area contributed by atoms with E-state index in [1.807, 2.05) is 0 Å². The number of fused-ring (bicyclic) bond motifs is 1. The molecule has 0 amide bonds. The van der Waals surface area contributed by atoms with E-state index in [9.17, 15) is 0 Å². The van der Waals surface area contributed by atoms with Gasteiger partial charge in [-0.3, -0.25) is 0 Å². The summed E-state index contributed by atoms with van der Waals surface area (Å²) in [7, 11) is 0. The van der Waals surface area contributed by atoms with Gasteiger partial charge in [-0.15, -0.1) is 0 Å². The highest BCUT2D eigenvalue weighted by Crippen LogP contribution is 2.44. The maximum atomic E-state index is 2.36. The molecular weight excluding hydrogens is 386 g/mol. The lowest BCUT2D eigenvalue weighted by atomic mass is 9.92. The van der Waals surface area contributed by atoms with E-state index in [2.05, 4.69) is 140 Å². The Morgan fingerprint density at radius 1 is 0.562 bits per heavy atom.